The number of rotatable bonds is 20. The number of nitrogens with one attached hydrogen (secondary N) is 3. The summed E-state index contributed by atoms with van der Waals surface area (Å²) in [4.78, 5) is 55.0. The predicted octanol–water partition coefficient (Wildman–Crippen LogP) is 8.33. The minimum atomic E-state index is -1.34. The molecule has 0 fully saturated rings. The van der Waals surface area contributed by atoms with Gasteiger partial charge in [0.15, 0.2) is 0 Å². The number of aliphatic hydroxyl groups excluding tert-OH is 1. The molecule has 65 heavy (non-hydrogen) atoms. The molecular weight excluding hydrogens is 835 g/mol. The van der Waals surface area contributed by atoms with E-state index >= 15 is 0 Å². The molecule has 0 spiro atoms. The summed E-state index contributed by atoms with van der Waals surface area (Å²) in [6.45, 7) is 5.14. The molecule has 0 unspecified atom stereocenters. The van der Waals surface area contributed by atoms with E-state index in [9.17, 15) is 24.3 Å². The number of amides is 3. The van der Waals surface area contributed by atoms with Gasteiger partial charge in [-0.2, -0.15) is 0 Å². The number of fused-ring (bicyclic) bond motifs is 3. The van der Waals surface area contributed by atoms with Gasteiger partial charge in [0.2, 0.25) is 11.8 Å². The number of hydrogen-bond donors (Lipinski definition) is 4. The highest BCUT2D eigenvalue weighted by Crippen LogP contribution is 2.49. The summed E-state index contributed by atoms with van der Waals surface area (Å²) in [7, 11) is 0. The Hall–Kier alpha value is -6.95. The minimum Gasteiger partial charge on any atom is -0.461 e. The summed E-state index contributed by atoms with van der Waals surface area (Å²) in [5, 5.41) is 20.1. The van der Waals surface area contributed by atoms with Gasteiger partial charge < -0.3 is 30.5 Å². The number of esters is 1. The van der Waals surface area contributed by atoms with Gasteiger partial charge in [0, 0.05) is 11.7 Å². The largest absolute Gasteiger partial charge is 0.461 e. The molecule has 7 rings (SSSR count). The molecule has 6 aromatic rings. The first-order valence-electron chi connectivity index (χ1n) is 21.7. The van der Waals surface area contributed by atoms with Crippen LogP contribution in [0.2, 0.25) is 0 Å². The van der Waals surface area contributed by atoms with Crippen molar-refractivity contribution in [2.24, 2.45) is 0 Å². The van der Waals surface area contributed by atoms with Gasteiger partial charge in [0.05, 0.1) is 23.3 Å². The zero-order valence-electron chi connectivity index (χ0n) is 36.2. The Morgan fingerprint density at radius 1 is 0.662 bits per heavy atom. The molecule has 6 aromatic carbocycles. The van der Waals surface area contributed by atoms with Crippen LogP contribution in [0.4, 0.5) is 4.79 Å². The predicted molar refractivity (Wildman–Crippen MR) is 255 cm³/mol. The van der Waals surface area contributed by atoms with Gasteiger partial charge in [0.1, 0.15) is 25.3 Å². The van der Waals surface area contributed by atoms with E-state index in [2.05, 4.69) is 34.7 Å². The summed E-state index contributed by atoms with van der Waals surface area (Å²) in [6.07, 6.45) is -0.903. The van der Waals surface area contributed by atoms with E-state index in [1.54, 1.807) is 0 Å². The first-order chi connectivity index (χ1) is 31.7. The Bertz CT molecular complexity index is 2400. The van der Waals surface area contributed by atoms with Crippen LogP contribution in [-0.4, -0.2) is 72.2 Å². The van der Waals surface area contributed by atoms with E-state index < -0.39 is 59.3 Å². The Kier molecular flexibility index (Phi) is 15.7. The molecule has 0 saturated heterocycles. The molecule has 4 N–H and O–H groups in total. The SMILES string of the molecule is C=CCOC(=O)C[C@H](O)[C@@H](Cc1ccccc1)NC(=O)[C@@H](CSC(c1ccccc1)(c1ccccc1)c1ccccc1)NC(=O)[C@H](C)NC(=O)OCC1c2ccccc2-c2ccccc21. The van der Waals surface area contributed by atoms with Gasteiger partial charge in [-0.15, -0.1) is 11.8 Å². The number of thioether (sulfide) groups is 1. The van der Waals surface area contributed by atoms with E-state index in [1.807, 2.05) is 158 Å². The van der Waals surface area contributed by atoms with Gasteiger partial charge >= 0.3 is 12.1 Å². The molecule has 11 heteroatoms. The summed E-state index contributed by atoms with van der Waals surface area (Å²) >= 11 is 1.47. The van der Waals surface area contributed by atoms with Gasteiger partial charge in [-0.3, -0.25) is 14.4 Å². The van der Waals surface area contributed by atoms with Crippen molar-refractivity contribution in [1.29, 1.82) is 0 Å². The Labute approximate surface area is 384 Å². The molecule has 0 aromatic heterocycles. The van der Waals surface area contributed by atoms with Crippen molar-refractivity contribution in [3.63, 3.8) is 0 Å². The first kappa shape index (κ1) is 46.1. The molecule has 0 saturated carbocycles. The quantitative estimate of drug-likeness (QED) is 0.0341. The normalized spacial score (nSPS) is 13.8. The molecule has 0 heterocycles. The van der Waals surface area contributed by atoms with Crippen LogP contribution >= 0.6 is 11.8 Å². The van der Waals surface area contributed by atoms with Crippen LogP contribution in [0, 0.1) is 0 Å². The third-order valence-electron chi connectivity index (χ3n) is 11.5. The lowest BCUT2D eigenvalue weighted by Gasteiger charge is -2.37. The van der Waals surface area contributed by atoms with Crippen molar-refractivity contribution in [3.8, 4) is 11.1 Å². The highest BCUT2D eigenvalue weighted by atomic mass is 32.2. The molecule has 0 aliphatic heterocycles. The Balaban J connectivity index is 1.15. The lowest BCUT2D eigenvalue weighted by Crippen LogP contribution is -2.57. The lowest BCUT2D eigenvalue weighted by molar-refractivity contribution is -0.145. The van der Waals surface area contributed by atoms with Crippen molar-refractivity contribution in [3.05, 3.63) is 216 Å². The molecular formula is C54H53N3O7S. The third-order valence-corrected chi connectivity index (χ3v) is 13.2. The van der Waals surface area contributed by atoms with E-state index in [0.717, 1.165) is 44.5 Å². The van der Waals surface area contributed by atoms with Crippen LogP contribution < -0.4 is 16.0 Å². The maximum Gasteiger partial charge on any atom is 0.407 e. The fourth-order valence-corrected chi connectivity index (χ4v) is 9.86. The average Bonchev–Trinajstić information content (AvgIpc) is 3.66. The van der Waals surface area contributed by atoms with Gasteiger partial charge in [-0.1, -0.05) is 183 Å². The molecule has 3 amide bonds. The van der Waals surface area contributed by atoms with Crippen molar-refractivity contribution >= 4 is 35.6 Å². The van der Waals surface area contributed by atoms with Crippen LogP contribution in [0.1, 0.15) is 52.6 Å². The van der Waals surface area contributed by atoms with Crippen molar-refractivity contribution in [2.45, 2.75) is 54.7 Å². The number of carbonyl (C=O) groups excluding carboxylic acids is 4. The van der Waals surface area contributed by atoms with Crippen LogP contribution in [0.25, 0.3) is 11.1 Å². The summed E-state index contributed by atoms with van der Waals surface area (Å²) < 4.78 is 10.1. The number of alkyl carbamates (subject to hydrolysis) is 1. The topological polar surface area (TPSA) is 143 Å². The fourth-order valence-electron chi connectivity index (χ4n) is 8.30. The first-order valence-corrected chi connectivity index (χ1v) is 22.7. The minimum absolute atomic E-state index is 0.0269. The number of aliphatic hydroxyl groups is 1. The number of carbonyl (C=O) groups is 4. The molecule has 10 nitrogen and oxygen atoms in total. The number of ether oxygens (including phenoxy) is 2. The van der Waals surface area contributed by atoms with Crippen LogP contribution in [0.5, 0.6) is 0 Å². The fraction of sp³-hybridized carbons (Fsp3) is 0.222. The lowest BCUT2D eigenvalue weighted by atomic mass is 9.84. The van der Waals surface area contributed by atoms with Crippen LogP contribution in [0.3, 0.4) is 0 Å². The maximum absolute atomic E-state index is 14.8. The highest BCUT2D eigenvalue weighted by Gasteiger charge is 2.40. The average molecular weight is 888 g/mol. The molecule has 4 atom stereocenters. The number of hydrogen-bond acceptors (Lipinski definition) is 8. The zero-order chi connectivity index (χ0) is 45.6. The van der Waals surface area contributed by atoms with E-state index in [-0.39, 0.29) is 31.3 Å². The van der Waals surface area contributed by atoms with Gasteiger partial charge in [0.25, 0.3) is 0 Å². The second-order valence-corrected chi connectivity index (χ2v) is 17.1. The number of benzene rings is 6. The molecule has 0 bridgehead atoms. The Morgan fingerprint density at radius 3 is 1.68 bits per heavy atom. The standard InChI is InChI=1S/C54H53N3O7S/c1-3-32-63-50(59)34-49(58)47(33-38-20-8-4-9-21-38)56-52(61)48(36-65-54(39-22-10-5-11-23-39,40-24-12-6-13-25-40)41-26-14-7-15-27-41)57-51(60)37(2)55-53(62)64-35-46-44-30-18-16-28-42(44)43-29-17-19-31-45(43)46/h3-31,37,46-49,58H,1,32-36H2,2H3,(H,55,62)(H,56,61)(H,57,60)/t37-,47+,48+,49-/m0/s1. The third kappa shape index (κ3) is 11.2. The smallest absolute Gasteiger partial charge is 0.407 e. The monoisotopic (exact) mass is 887 g/mol. The van der Waals surface area contributed by atoms with Crippen molar-refractivity contribution < 1.29 is 33.8 Å². The van der Waals surface area contributed by atoms with E-state index in [0.29, 0.717) is 0 Å². The van der Waals surface area contributed by atoms with Crippen molar-refractivity contribution in [1.82, 2.24) is 16.0 Å². The van der Waals surface area contributed by atoms with Crippen molar-refractivity contribution in [2.75, 3.05) is 19.0 Å². The van der Waals surface area contributed by atoms with E-state index in [1.165, 1.54) is 24.8 Å². The molecule has 1 aliphatic carbocycles. The summed E-state index contributed by atoms with van der Waals surface area (Å²) in [5.74, 6) is -2.01. The van der Waals surface area contributed by atoms with E-state index in [4.69, 9.17) is 9.47 Å². The molecule has 1 aliphatic rings. The summed E-state index contributed by atoms with van der Waals surface area (Å²) in [6, 6.07) is 51.9. The second kappa shape index (κ2) is 22.1. The summed E-state index contributed by atoms with van der Waals surface area (Å²) in [5.41, 5.74) is 7.96. The molecule has 332 valence electrons. The molecule has 0 radical (unpaired) electrons. The maximum atomic E-state index is 14.8. The zero-order valence-corrected chi connectivity index (χ0v) is 37.0. The van der Waals surface area contributed by atoms with Gasteiger partial charge in [-0.05, 0) is 57.9 Å². The van der Waals surface area contributed by atoms with Crippen LogP contribution in [0.15, 0.2) is 183 Å². The highest BCUT2D eigenvalue weighted by molar-refractivity contribution is 8.00. The van der Waals surface area contributed by atoms with Gasteiger partial charge in [-0.25, -0.2) is 4.79 Å². The van der Waals surface area contributed by atoms with Crippen LogP contribution in [-0.2, 0) is 35.0 Å². The second-order valence-electron chi connectivity index (χ2n) is 15.9. The Morgan fingerprint density at radius 2 is 1.15 bits per heavy atom.